The summed E-state index contributed by atoms with van der Waals surface area (Å²) in [6, 6.07) is 1.19. The molecule has 0 amide bonds. The van der Waals surface area contributed by atoms with E-state index in [1.807, 2.05) is 0 Å². The maximum absolute atomic E-state index is 12.3. The fraction of sp³-hybridized carbons (Fsp3) is 0.333. The molecule has 0 saturated carbocycles. The zero-order chi connectivity index (χ0) is 14.9. The van der Waals surface area contributed by atoms with E-state index in [1.165, 1.54) is 6.07 Å². The number of carbonyl (C=O) groups is 1. The first kappa shape index (κ1) is 14.6. The van der Waals surface area contributed by atoms with Crippen LogP contribution in [0.1, 0.15) is 22.2 Å². The Morgan fingerprint density at radius 2 is 2.20 bits per heavy atom. The third kappa shape index (κ3) is 3.01. The molecule has 2 rings (SSSR count). The summed E-state index contributed by atoms with van der Waals surface area (Å²) in [7, 11) is 0. The smallest absolute Gasteiger partial charge is 0.393 e. The van der Waals surface area contributed by atoms with Crippen molar-refractivity contribution in [1.29, 1.82) is 0 Å². The van der Waals surface area contributed by atoms with Crippen molar-refractivity contribution in [3.05, 3.63) is 22.7 Å². The lowest BCUT2D eigenvalue weighted by atomic mass is 10.2. The van der Waals surface area contributed by atoms with Crippen LogP contribution in [0.5, 0.6) is 5.75 Å². The zero-order valence-electron chi connectivity index (χ0n) is 10.3. The fourth-order valence-corrected chi connectivity index (χ4v) is 2.70. The average Bonchev–Trinajstić information content (AvgIpc) is 2.70. The highest BCUT2D eigenvalue weighted by atomic mass is 32.1. The number of halogens is 3. The molecule has 0 atom stereocenters. The first-order valence-corrected chi connectivity index (χ1v) is 6.47. The Balaban J connectivity index is 2.43. The van der Waals surface area contributed by atoms with Crippen molar-refractivity contribution in [3.8, 4) is 5.75 Å². The molecular weight excluding hydrogens is 295 g/mol. The van der Waals surface area contributed by atoms with Gasteiger partial charge in [0.2, 0.25) is 0 Å². The molecule has 0 unspecified atom stereocenters. The number of fused-ring (bicyclic) bond motifs is 1. The fourth-order valence-electron chi connectivity index (χ4n) is 1.67. The molecule has 0 aliphatic carbocycles. The van der Waals surface area contributed by atoms with Crippen LogP contribution >= 0.6 is 11.3 Å². The Labute approximate surface area is 115 Å². The van der Waals surface area contributed by atoms with E-state index in [2.05, 4.69) is 4.98 Å². The molecule has 0 bridgehead atoms. The second-order valence-electron chi connectivity index (χ2n) is 3.96. The number of alkyl halides is 3. The monoisotopic (exact) mass is 305 g/mol. The van der Waals surface area contributed by atoms with Gasteiger partial charge in [-0.05, 0) is 13.0 Å². The van der Waals surface area contributed by atoms with Crippen molar-refractivity contribution in [2.24, 2.45) is 0 Å². The van der Waals surface area contributed by atoms with Crippen molar-refractivity contribution in [2.45, 2.75) is 19.5 Å². The number of hydrogen-bond acceptors (Lipinski definition) is 5. The van der Waals surface area contributed by atoms with Gasteiger partial charge in [-0.2, -0.15) is 13.2 Å². The quantitative estimate of drug-likeness (QED) is 0.884. The van der Waals surface area contributed by atoms with E-state index in [4.69, 9.17) is 4.74 Å². The molecular formula is C12H10F3NO3S. The molecule has 2 aromatic heterocycles. The number of nitrogens with zero attached hydrogens (tertiary/aromatic N) is 1. The van der Waals surface area contributed by atoms with Crippen molar-refractivity contribution in [3.63, 3.8) is 0 Å². The maximum Gasteiger partial charge on any atom is 0.393 e. The number of hydrogen-bond donors (Lipinski definition) is 1. The lowest BCUT2D eigenvalue weighted by Gasteiger charge is -2.04. The molecule has 0 spiro atoms. The highest BCUT2D eigenvalue weighted by molar-refractivity contribution is 7.18. The standard InChI is InChI=1S/C12H10F3NO3S/c1-2-19-11(18)8-5-16-10-7(9(8)17)3-6(20-10)4-12(13,14)15/h3,5H,2,4H2,1H3,(H,16,17). The van der Waals surface area contributed by atoms with E-state index in [0.29, 0.717) is 0 Å². The summed E-state index contributed by atoms with van der Waals surface area (Å²) < 4.78 is 41.7. The predicted molar refractivity (Wildman–Crippen MR) is 67.0 cm³/mol. The number of pyridine rings is 1. The van der Waals surface area contributed by atoms with Crippen LogP contribution in [0.25, 0.3) is 10.2 Å². The van der Waals surface area contributed by atoms with E-state index in [0.717, 1.165) is 17.5 Å². The van der Waals surface area contributed by atoms with Crippen LogP contribution in [0.15, 0.2) is 12.3 Å². The van der Waals surface area contributed by atoms with Gasteiger partial charge in [-0.25, -0.2) is 9.78 Å². The van der Waals surface area contributed by atoms with Crippen LogP contribution in [-0.4, -0.2) is 28.8 Å². The molecule has 108 valence electrons. The van der Waals surface area contributed by atoms with Crippen LogP contribution in [0, 0.1) is 0 Å². The molecule has 2 aromatic rings. The van der Waals surface area contributed by atoms with Gasteiger partial charge in [-0.1, -0.05) is 0 Å². The minimum absolute atomic E-state index is 0.0244. The number of ether oxygens (including phenoxy) is 1. The van der Waals surface area contributed by atoms with Crippen LogP contribution < -0.4 is 0 Å². The summed E-state index contributed by atoms with van der Waals surface area (Å²) in [5.41, 5.74) is -0.157. The van der Waals surface area contributed by atoms with Gasteiger partial charge in [0.1, 0.15) is 16.1 Å². The molecule has 0 saturated heterocycles. The minimum atomic E-state index is -4.33. The molecule has 4 nitrogen and oxygen atoms in total. The highest BCUT2D eigenvalue weighted by Gasteiger charge is 2.29. The van der Waals surface area contributed by atoms with E-state index in [1.54, 1.807) is 6.92 Å². The second-order valence-corrected chi connectivity index (χ2v) is 5.08. The van der Waals surface area contributed by atoms with E-state index in [9.17, 15) is 23.1 Å². The Morgan fingerprint density at radius 1 is 1.50 bits per heavy atom. The van der Waals surface area contributed by atoms with Gasteiger partial charge in [-0.3, -0.25) is 0 Å². The summed E-state index contributed by atoms with van der Waals surface area (Å²) in [5, 5.41) is 10.1. The molecule has 1 N–H and O–H groups in total. The van der Waals surface area contributed by atoms with Crippen molar-refractivity contribution < 1.29 is 27.8 Å². The van der Waals surface area contributed by atoms with Gasteiger partial charge in [0.25, 0.3) is 0 Å². The van der Waals surface area contributed by atoms with Gasteiger partial charge in [0.05, 0.1) is 18.4 Å². The third-order valence-corrected chi connectivity index (χ3v) is 3.50. The number of rotatable bonds is 3. The third-order valence-electron chi connectivity index (χ3n) is 2.45. The molecule has 20 heavy (non-hydrogen) atoms. The number of aromatic nitrogens is 1. The highest BCUT2D eigenvalue weighted by Crippen LogP contribution is 2.35. The summed E-state index contributed by atoms with van der Waals surface area (Å²) >= 11 is 0.829. The van der Waals surface area contributed by atoms with Gasteiger partial charge in [-0.15, -0.1) is 11.3 Å². The maximum atomic E-state index is 12.3. The Bertz CT molecular complexity index is 651. The van der Waals surface area contributed by atoms with Gasteiger partial charge < -0.3 is 9.84 Å². The topological polar surface area (TPSA) is 59.4 Å². The van der Waals surface area contributed by atoms with Crippen molar-refractivity contribution in [1.82, 2.24) is 4.98 Å². The van der Waals surface area contributed by atoms with E-state index >= 15 is 0 Å². The molecule has 0 aliphatic heterocycles. The van der Waals surface area contributed by atoms with Gasteiger partial charge >= 0.3 is 12.1 Å². The number of esters is 1. The molecule has 0 fully saturated rings. The van der Waals surface area contributed by atoms with Crippen molar-refractivity contribution >= 4 is 27.5 Å². The Kier molecular flexibility index (Phi) is 3.85. The minimum Gasteiger partial charge on any atom is -0.506 e. The summed E-state index contributed by atoms with van der Waals surface area (Å²) in [6.45, 7) is 1.73. The molecule has 0 radical (unpaired) electrons. The molecule has 8 heteroatoms. The summed E-state index contributed by atoms with van der Waals surface area (Å²) in [5.74, 6) is -1.17. The van der Waals surface area contributed by atoms with Crippen LogP contribution in [-0.2, 0) is 11.2 Å². The normalized spacial score (nSPS) is 11.8. The Hall–Kier alpha value is -1.83. The molecule has 0 aliphatic rings. The largest absolute Gasteiger partial charge is 0.506 e. The lowest BCUT2D eigenvalue weighted by molar-refractivity contribution is -0.126. The number of carbonyl (C=O) groups excluding carboxylic acids is 1. The predicted octanol–water partition coefficient (Wildman–Crippen LogP) is 3.28. The summed E-state index contributed by atoms with van der Waals surface area (Å²) in [4.78, 5) is 15.7. The molecule has 2 heterocycles. The van der Waals surface area contributed by atoms with Gasteiger partial charge in [0, 0.05) is 11.1 Å². The number of aromatic hydroxyl groups is 1. The van der Waals surface area contributed by atoms with E-state index in [-0.39, 0.29) is 27.3 Å². The second kappa shape index (κ2) is 5.28. The van der Waals surface area contributed by atoms with Crippen LogP contribution in [0.2, 0.25) is 0 Å². The first-order chi connectivity index (χ1) is 9.31. The molecule has 0 aromatic carbocycles. The Morgan fingerprint density at radius 3 is 2.80 bits per heavy atom. The first-order valence-electron chi connectivity index (χ1n) is 5.66. The van der Waals surface area contributed by atoms with Crippen LogP contribution in [0.3, 0.4) is 0 Å². The van der Waals surface area contributed by atoms with Crippen molar-refractivity contribution in [2.75, 3.05) is 6.61 Å². The van der Waals surface area contributed by atoms with E-state index < -0.39 is 24.3 Å². The SMILES string of the molecule is CCOC(=O)c1cnc2sc(CC(F)(F)F)cc2c1O. The van der Waals surface area contributed by atoms with Crippen LogP contribution in [0.4, 0.5) is 13.2 Å². The summed E-state index contributed by atoms with van der Waals surface area (Å²) in [6.07, 6.45) is -4.33. The zero-order valence-corrected chi connectivity index (χ0v) is 11.1. The number of thiophene rings is 1. The van der Waals surface area contributed by atoms with Gasteiger partial charge in [0.15, 0.2) is 0 Å². The average molecular weight is 305 g/mol. The lowest BCUT2D eigenvalue weighted by Crippen LogP contribution is -2.09.